The average molecular weight is 514 g/mol. The van der Waals surface area contributed by atoms with E-state index in [1.165, 1.54) is 12.1 Å². The summed E-state index contributed by atoms with van der Waals surface area (Å²) in [5.41, 5.74) is 2.68. The quantitative estimate of drug-likeness (QED) is 0.424. The third-order valence-corrected chi connectivity index (χ3v) is 8.49. The molecule has 1 saturated carbocycles. The molecule has 2 aromatic carbocycles. The summed E-state index contributed by atoms with van der Waals surface area (Å²) < 4.78 is 49.9. The highest BCUT2D eigenvalue weighted by Crippen LogP contribution is 2.50. The number of aromatic amines is 1. The number of ether oxygens (including phenoxy) is 1. The maximum Gasteiger partial charge on any atom is 0.135 e. The number of alkyl halides is 1. The monoisotopic (exact) mass is 513 g/mol. The molecule has 0 radical (unpaired) electrons. The van der Waals surface area contributed by atoms with Crippen molar-refractivity contribution >= 4 is 10.9 Å². The molecule has 0 unspecified atom stereocenters. The van der Waals surface area contributed by atoms with Gasteiger partial charge < -0.3 is 14.8 Å². The summed E-state index contributed by atoms with van der Waals surface area (Å²) in [5, 5.41) is 11.1. The van der Waals surface area contributed by atoms with Crippen molar-refractivity contribution in [3.63, 3.8) is 0 Å². The van der Waals surface area contributed by atoms with Crippen molar-refractivity contribution < 1.29 is 23.0 Å². The molecule has 6 rings (SSSR count). The first-order valence-corrected chi connectivity index (χ1v) is 13.3. The van der Waals surface area contributed by atoms with E-state index in [1.54, 1.807) is 0 Å². The largest absolute Gasteiger partial charge is 0.488 e. The number of nitrogens with zero attached hydrogens (tertiary/aromatic N) is 2. The SMILES string of the molecule is C[C@@H]1Cc2c([nH]c3ccccc23)[C@@H](c2c(F)cc(OC3CN(CCCF)C3)cc2F)N1CC1(CO)CC1. The van der Waals surface area contributed by atoms with Crippen LogP contribution in [0.3, 0.4) is 0 Å². The maximum absolute atomic E-state index is 15.8. The number of nitrogens with one attached hydrogen (secondary N) is 1. The summed E-state index contributed by atoms with van der Waals surface area (Å²) in [6.07, 6.45) is 2.92. The molecule has 2 aliphatic heterocycles. The zero-order valence-corrected chi connectivity index (χ0v) is 21.2. The molecule has 198 valence electrons. The summed E-state index contributed by atoms with van der Waals surface area (Å²) in [4.78, 5) is 7.71. The smallest absolute Gasteiger partial charge is 0.135 e. The van der Waals surface area contributed by atoms with Crippen LogP contribution in [0, 0.1) is 17.0 Å². The van der Waals surface area contributed by atoms with Gasteiger partial charge in [-0.3, -0.25) is 14.2 Å². The first-order valence-electron chi connectivity index (χ1n) is 13.3. The fraction of sp³-hybridized carbons (Fsp3) is 0.517. The van der Waals surface area contributed by atoms with E-state index >= 15 is 8.78 Å². The van der Waals surface area contributed by atoms with Crippen molar-refractivity contribution in [2.24, 2.45) is 5.41 Å². The number of aliphatic hydroxyl groups is 1. The Morgan fingerprint density at radius 3 is 2.54 bits per heavy atom. The third-order valence-electron chi connectivity index (χ3n) is 8.49. The minimum atomic E-state index is -0.635. The lowest BCUT2D eigenvalue weighted by molar-refractivity contribution is 0.0180. The lowest BCUT2D eigenvalue weighted by atomic mass is 9.87. The molecule has 5 nitrogen and oxygen atoms in total. The Morgan fingerprint density at radius 1 is 1.14 bits per heavy atom. The number of aliphatic hydroxyl groups excluding tert-OH is 1. The van der Waals surface area contributed by atoms with Gasteiger partial charge >= 0.3 is 0 Å². The summed E-state index contributed by atoms with van der Waals surface area (Å²) >= 11 is 0. The Balaban J connectivity index is 1.34. The van der Waals surface area contributed by atoms with E-state index in [4.69, 9.17) is 4.74 Å². The molecular formula is C29H34F3N3O2. The number of hydrogen-bond acceptors (Lipinski definition) is 4. The topological polar surface area (TPSA) is 51.7 Å². The van der Waals surface area contributed by atoms with Crippen LogP contribution in [0.25, 0.3) is 10.9 Å². The molecule has 1 aliphatic carbocycles. The molecule has 3 heterocycles. The second-order valence-electron chi connectivity index (χ2n) is 11.2. The van der Waals surface area contributed by atoms with Crippen molar-refractivity contribution in [3.8, 4) is 5.75 Å². The highest BCUT2D eigenvalue weighted by atomic mass is 19.1. The van der Waals surface area contributed by atoms with Gasteiger partial charge in [-0.15, -0.1) is 0 Å². The zero-order chi connectivity index (χ0) is 25.7. The Hall–Kier alpha value is -2.55. The van der Waals surface area contributed by atoms with Gasteiger partial charge in [0.15, 0.2) is 0 Å². The summed E-state index contributed by atoms with van der Waals surface area (Å²) in [5.74, 6) is -1.09. The molecule has 3 aliphatic rings. The second-order valence-corrected chi connectivity index (χ2v) is 11.2. The first-order chi connectivity index (χ1) is 17.9. The molecule has 0 amide bonds. The van der Waals surface area contributed by atoms with E-state index in [1.807, 2.05) is 18.2 Å². The van der Waals surface area contributed by atoms with E-state index in [0.29, 0.717) is 32.6 Å². The maximum atomic E-state index is 15.8. The van der Waals surface area contributed by atoms with Crippen LogP contribution in [0.5, 0.6) is 5.75 Å². The third kappa shape index (κ3) is 4.53. The Bertz CT molecular complexity index is 1260. The predicted molar refractivity (Wildman–Crippen MR) is 137 cm³/mol. The van der Waals surface area contributed by atoms with Crippen LogP contribution in [-0.4, -0.2) is 71.5 Å². The number of benzene rings is 2. The molecule has 37 heavy (non-hydrogen) atoms. The number of hydrogen-bond donors (Lipinski definition) is 2. The van der Waals surface area contributed by atoms with E-state index in [9.17, 15) is 9.50 Å². The zero-order valence-electron chi connectivity index (χ0n) is 21.2. The average Bonchev–Trinajstić information content (AvgIpc) is 3.54. The Kier molecular flexibility index (Phi) is 6.45. The predicted octanol–water partition coefficient (Wildman–Crippen LogP) is 4.98. The van der Waals surface area contributed by atoms with E-state index < -0.39 is 17.7 Å². The van der Waals surface area contributed by atoms with Crippen molar-refractivity contribution in [2.75, 3.05) is 39.5 Å². The van der Waals surface area contributed by atoms with Crippen LogP contribution in [-0.2, 0) is 6.42 Å². The number of halogens is 3. The molecule has 2 N–H and O–H groups in total. The Labute approximate surface area is 215 Å². The van der Waals surface area contributed by atoms with E-state index in [2.05, 4.69) is 27.8 Å². The molecule has 0 spiro atoms. The summed E-state index contributed by atoms with van der Waals surface area (Å²) in [6.45, 7) is 4.32. The number of H-pyrrole nitrogens is 1. The van der Waals surface area contributed by atoms with Crippen molar-refractivity contribution in [2.45, 2.75) is 50.8 Å². The van der Waals surface area contributed by atoms with Crippen LogP contribution in [0.4, 0.5) is 13.2 Å². The van der Waals surface area contributed by atoms with Gasteiger partial charge in [-0.05, 0) is 44.2 Å². The minimum Gasteiger partial charge on any atom is -0.488 e. The van der Waals surface area contributed by atoms with Gasteiger partial charge in [0, 0.05) is 78.5 Å². The van der Waals surface area contributed by atoms with E-state index in [-0.39, 0.29) is 42.2 Å². The van der Waals surface area contributed by atoms with Crippen LogP contribution in [0.1, 0.15) is 49.0 Å². The molecule has 2 atom stereocenters. The number of aromatic nitrogens is 1. The summed E-state index contributed by atoms with van der Waals surface area (Å²) in [7, 11) is 0. The molecule has 1 aromatic heterocycles. The standard InChI is InChI=1S/C29H34F3N3O2/c1-18-11-22-21-5-2-3-6-25(21)33-27(22)28(35(18)16-29(17-36)7-8-29)26-23(31)12-19(13-24(26)32)37-20-14-34(15-20)10-4-9-30/h2-3,5-6,12-13,18,20,28,33,36H,4,7-11,14-17H2,1H3/t18-,28-/m1/s1. The van der Waals surface area contributed by atoms with Crippen LogP contribution in [0.15, 0.2) is 36.4 Å². The van der Waals surface area contributed by atoms with Crippen LogP contribution < -0.4 is 4.74 Å². The van der Waals surface area contributed by atoms with Crippen molar-refractivity contribution in [3.05, 3.63) is 64.9 Å². The lowest BCUT2D eigenvalue weighted by Gasteiger charge is -2.43. The normalized spacial score (nSPS) is 23.7. The van der Waals surface area contributed by atoms with Crippen molar-refractivity contribution in [1.29, 1.82) is 0 Å². The van der Waals surface area contributed by atoms with Crippen LogP contribution in [0.2, 0.25) is 0 Å². The summed E-state index contributed by atoms with van der Waals surface area (Å²) in [6, 6.07) is 9.99. The molecule has 3 aromatic rings. The van der Waals surface area contributed by atoms with Gasteiger partial charge in [0.05, 0.1) is 12.7 Å². The van der Waals surface area contributed by atoms with Crippen LogP contribution >= 0.6 is 0 Å². The van der Waals surface area contributed by atoms with Crippen molar-refractivity contribution in [1.82, 2.24) is 14.8 Å². The molecule has 8 heteroatoms. The number of likely N-dealkylation sites (tertiary alicyclic amines) is 1. The highest BCUT2D eigenvalue weighted by molar-refractivity contribution is 5.85. The number of para-hydroxylation sites is 1. The van der Waals surface area contributed by atoms with Gasteiger partial charge in [0.25, 0.3) is 0 Å². The fourth-order valence-corrected chi connectivity index (χ4v) is 6.14. The lowest BCUT2D eigenvalue weighted by Crippen LogP contribution is -2.53. The second kappa shape index (κ2) is 9.64. The van der Waals surface area contributed by atoms with E-state index in [0.717, 1.165) is 41.4 Å². The number of rotatable bonds is 9. The molecule has 0 bridgehead atoms. The first kappa shape index (κ1) is 24.8. The van der Waals surface area contributed by atoms with Gasteiger partial charge in [0.2, 0.25) is 0 Å². The molecular weight excluding hydrogens is 479 g/mol. The molecule has 1 saturated heterocycles. The van der Waals surface area contributed by atoms with Gasteiger partial charge in [-0.2, -0.15) is 0 Å². The van der Waals surface area contributed by atoms with Gasteiger partial charge in [0.1, 0.15) is 23.5 Å². The van der Waals surface area contributed by atoms with Gasteiger partial charge in [-0.25, -0.2) is 8.78 Å². The van der Waals surface area contributed by atoms with Gasteiger partial charge in [-0.1, -0.05) is 18.2 Å². The minimum absolute atomic E-state index is 0.0126. The molecule has 2 fully saturated rings. The Morgan fingerprint density at radius 2 is 1.86 bits per heavy atom. The number of fused-ring (bicyclic) bond motifs is 3. The highest BCUT2D eigenvalue weighted by Gasteiger charge is 2.48. The fourth-order valence-electron chi connectivity index (χ4n) is 6.14.